The Bertz CT molecular complexity index is 1010. The van der Waals surface area contributed by atoms with Gasteiger partial charge in [0.25, 0.3) is 11.8 Å². The van der Waals surface area contributed by atoms with Gasteiger partial charge in [0.15, 0.2) is 11.5 Å². The molecule has 0 radical (unpaired) electrons. The lowest BCUT2D eigenvalue weighted by atomic mass is 9.96. The highest BCUT2D eigenvalue weighted by Gasteiger charge is 2.24. The van der Waals surface area contributed by atoms with Crippen molar-refractivity contribution in [3.8, 4) is 17.2 Å². The number of carbonyl (C=O) groups excluding carboxylic acids is 3. The molecule has 1 fully saturated rings. The van der Waals surface area contributed by atoms with Crippen LogP contribution in [0, 0.1) is 5.92 Å². The Morgan fingerprint density at radius 3 is 2.42 bits per heavy atom. The number of benzene rings is 2. The molecule has 1 N–H and O–H groups in total. The number of likely N-dealkylation sites (tertiary alicyclic amines) is 1. The third-order valence-corrected chi connectivity index (χ3v) is 5.65. The zero-order chi connectivity index (χ0) is 23.2. The molecule has 4 rings (SSSR count). The average molecular weight is 454 g/mol. The average Bonchev–Trinajstić information content (AvgIpc) is 3.31. The first kappa shape index (κ1) is 22.4. The van der Waals surface area contributed by atoms with Crippen molar-refractivity contribution in [3.05, 3.63) is 53.6 Å². The molecule has 0 atom stereocenters. The summed E-state index contributed by atoms with van der Waals surface area (Å²) in [7, 11) is 0. The summed E-state index contributed by atoms with van der Waals surface area (Å²) in [6.07, 6.45) is 0.832. The van der Waals surface area contributed by atoms with Crippen LogP contribution >= 0.6 is 0 Å². The van der Waals surface area contributed by atoms with E-state index in [1.807, 2.05) is 0 Å². The number of nitrogens with zero attached hydrogens (tertiary/aromatic N) is 1. The maximum Gasteiger partial charge on any atom is 0.513 e. The van der Waals surface area contributed by atoms with Crippen LogP contribution in [0.3, 0.4) is 0 Å². The number of rotatable bonds is 6. The van der Waals surface area contributed by atoms with Crippen molar-refractivity contribution in [3.63, 3.8) is 0 Å². The summed E-state index contributed by atoms with van der Waals surface area (Å²) >= 11 is 0. The van der Waals surface area contributed by atoms with Crippen molar-refractivity contribution < 1.29 is 33.3 Å². The summed E-state index contributed by atoms with van der Waals surface area (Å²) in [6, 6.07) is 11.5. The minimum absolute atomic E-state index is 0.0690. The minimum Gasteiger partial charge on any atom is -0.454 e. The molecule has 174 valence electrons. The monoisotopic (exact) mass is 454 g/mol. The molecule has 9 nitrogen and oxygen atoms in total. The van der Waals surface area contributed by atoms with Gasteiger partial charge in [0, 0.05) is 30.8 Å². The second kappa shape index (κ2) is 10.2. The third-order valence-electron chi connectivity index (χ3n) is 5.65. The molecular formula is C24H26N2O7. The Balaban J connectivity index is 1.22. The van der Waals surface area contributed by atoms with Crippen LogP contribution in [0.25, 0.3) is 0 Å². The zero-order valence-corrected chi connectivity index (χ0v) is 18.4. The van der Waals surface area contributed by atoms with Gasteiger partial charge in [-0.25, -0.2) is 4.79 Å². The summed E-state index contributed by atoms with van der Waals surface area (Å²) in [5.74, 6) is 1.62. The standard InChI is InChI=1S/C24H26N2O7/c1-2-30-24(29)33-19-6-3-17(4-7-19)23(28)26-11-9-16(10-12-26)14-25-22(27)18-5-8-20-21(13-18)32-15-31-20/h3-8,13,16H,2,9-12,14-15H2,1H3,(H,25,27). The maximum atomic E-state index is 12.8. The lowest BCUT2D eigenvalue weighted by Crippen LogP contribution is -2.41. The predicted molar refractivity (Wildman–Crippen MR) is 118 cm³/mol. The Morgan fingerprint density at radius 2 is 1.70 bits per heavy atom. The Morgan fingerprint density at radius 1 is 1.00 bits per heavy atom. The topological polar surface area (TPSA) is 103 Å². The molecule has 0 bridgehead atoms. The normalized spacial score (nSPS) is 15.1. The first-order valence-electron chi connectivity index (χ1n) is 10.9. The van der Waals surface area contributed by atoms with Gasteiger partial charge in [0.2, 0.25) is 6.79 Å². The van der Waals surface area contributed by atoms with Gasteiger partial charge < -0.3 is 29.2 Å². The Hall–Kier alpha value is -3.75. The smallest absolute Gasteiger partial charge is 0.454 e. The van der Waals surface area contributed by atoms with Crippen LogP contribution in [-0.4, -0.2) is 55.9 Å². The van der Waals surface area contributed by atoms with Gasteiger partial charge >= 0.3 is 6.16 Å². The highest BCUT2D eigenvalue weighted by Crippen LogP contribution is 2.32. The molecule has 2 aliphatic rings. The molecule has 0 saturated carbocycles. The van der Waals surface area contributed by atoms with Crippen LogP contribution in [0.5, 0.6) is 17.2 Å². The van der Waals surface area contributed by atoms with E-state index >= 15 is 0 Å². The van der Waals surface area contributed by atoms with Gasteiger partial charge in [-0.2, -0.15) is 0 Å². The van der Waals surface area contributed by atoms with E-state index in [1.54, 1.807) is 54.3 Å². The number of carbonyl (C=O) groups is 3. The number of ether oxygens (including phenoxy) is 4. The van der Waals surface area contributed by atoms with E-state index in [1.165, 1.54) is 0 Å². The van der Waals surface area contributed by atoms with Gasteiger partial charge in [0.1, 0.15) is 5.75 Å². The quantitative estimate of drug-likeness (QED) is 0.528. The van der Waals surface area contributed by atoms with Crippen LogP contribution in [-0.2, 0) is 4.74 Å². The molecule has 0 aromatic heterocycles. The largest absolute Gasteiger partial charge is 0.513 e. The SMILES string of the molecule is CCOC(=O)Oc1ccc(C(=O)N2CCC(CNC(=O)c3ccc4c(c3)OCO4)CC2)cc1. The molecule has 0 spiro atoms. The van der Waals surface area contributed by atoms with Gasteiger partial charge in [-0.05, 0) is 68.1 Å². The van der Waals surface area contributed by atoms with E-state index in [0.29, 0.717) is 53.9 Å². The predicted octanol–water partition coefficient (Wildman–Crippen LogP) is 3.23. The van der Waals surface area contributed by atoms with Crippen molar-refractivity contribution >= 4 is 18.0 Å². The number of fused-ring (bicyclic) bond motifs is 1. The van der Waals surface area contributed by atoms with Crippen molar-refractivity contribution in [1.29, 1.82) is 0 Å². The van der Waals surface area contributed by atoms with Crippen LogP contribution in [0.2, 0.25) is 0 Å². The number of nitrogens with one attached hydrogen (secondary N) is 1. The summed E-state index contributed by atoms with van der Waals surface area (Å²) in [5.41, 5.74) is 1.06. The van der Waals surface area contributed by atoms with Crippen LogP contribution in [0.15, 0.2) is 42.5 Å². The molecule has 2 aromatic carbocycles. The van der Waals surface area contributed by atoms with Crippen LogP contribution in [0.4, 0.5) is 4.79 Å². The fourth-order valence-corrected chi connectivity index (χ4v) is 3.81. The van der Waals surface area contributed by atoms with Gasteiger partial charge in [0.05, 0.1) is 6.61 Å². The summed E-state index contributed by atoms with van der Waals surface area (Å²) in [5, 5.41) is 2.98. The molecule has 33 heavy (non-hydrogen) atoms. The Kier molecular flexibility index (Phi) is 6.97. The highest BCUT2D eigenvalue weighted by molar-refractivity contribution is 5.95. The fraction of sp³-hybridized carbons (Fsp3) is 0.375. The van der Waals surface area contributed by atoms with Crippen molar-refractivity contribution in [2.45, 2.75) is 19.8 Å². The number of piperidine rings is 1. The second-order valence-corrected chi connectivity index (χ2v) is 7.82. The number of hydrogen-bond donors (Lipinski definition) is 1. The zero-order valence-electron chi connectivity index (χ0n) is 18.4. The minimum atomic E-state index is -0.774. The van der Waals surface area contributed by atoms with Crippen molar-refractivity contribution in [1.82, 2.24) is 10.2 Å². The van der Waals surface area contributed by atoms with Crippen LogP contribution in [0.1, 0.15) is 40.5 Å². The Labute approximate surface area is 191 Å². The molecule has 1 saturated heterocycles. The molecule has 9 heteroatoms. The summed E-state index contributed by atoms with van der Waals surface area (Å²) < 4.78 is 20.3. The molecule has 0 unspecified atom stereocenters. The number of hydrogen-bond acceptors (Lipinski definition) is 7. The highest BCUT2D eigenvalue weighted by atomic mass is 16.7. The van der Waals surface area contributed by atoms with Gasteiger partial charge in [-0.3, -0.25) is 9.59 Å². The molecule has 2 amide bonds. The third kappa shape index (κ3) is 5.54. The van der Waals surface area contributed by atoms with Gasteiger partial charge in [-0.15, -0.1) is 0 Å². The summed E-state index contributed by atoms with van der Waals surface area (Å²) in [6.45, 7) is 3.88. The lowest BCUT2D eigenvalue weighted by Gasteiger charge is -2.32. The van der Waals surface area contributed by atoms with E-state index < -0.39 is 6.16 Å². The molecular weight excluding hydrogens is 428 g/mol. The second-order valence-electron chi connectivity index (χ2n) is 7.82. The molecule has 2 aromatic rings. The van der Waals surface area contributed by atoms with Gasteiger partial charge in [-0.1, -0.05) is 0 Å². The van der Waals surface area contributed by atoms with E-state index in [2.05, 4.69) is 5.32 Å². The first-order valence-corrected chi connectivity index (χ1v) is 10.9. The maximum absolute atomic E-state index is 12.8. The van der Waals surface area contributed by atoms with Crippen molar-refractivity contribution in [2.24, 2.45) is 5.92 Å². The van der Waals surface area contributed by atoms with Crippen LogP contribution < -0.4 is 19.5 Å². The van der Waals surface area contributed by atoms with E-state index in [0.717, 1.165) is 12.8 Å². The molecule has 2 aliphatic heterocycles. The number of amides is 2. The first-order chi connectivity index (χ1) is 16.0. The molecule has 2 heterocycles. The van der Waals surface area contributed by atoms with E-state index in [4.69, 9.17) is 18.9 Å². The van der Waals surface area contributed by atoms with E-state index in [9.17, 15) is 14.4 Å². The van der Waals surface area contributed by atoms with E-state index in [-0.39, 0.29) is 25.2 Å². The van der Waals surface area contributed by atoms with Crippen molar-refractivity contribution in [2.75, 3.05) is 33.0 Å². The summed E-state index contributed by atoms with van der Waals surface area (Å²) in [4.78, 5) is 38.4. The molecule has 0 aliphatic carbocycles. The lowest BCUT2D eigenvalue weighted by molar-refractivity contribution is 0.0684. The fourth-order valence-electron chi connectivity index (χ4n) is 3.81.